The van der Waals surface area contributed by atoms with Crippen molar-refractivity contribution in [3.05, 3.63) is 40.8 Å². The third-order valence-corrected chi connectivity index (χ3v) is 4.22. The van der Waals surface area contributed by atoms with Crippen LogP contribution in [-0.4, -0.2) is 37.2 Å². The summed E-state index contributed by atoms with van der Waals surface area (Å²) in [6.07, 6.45) is -3.62. The number of hydrogen-bond donors (Lipinski definition) is 1. The summed E-state index contributed by atoms with van der Waals surface area (Å²) >= 11 is 10.7. The lowest BCUT2D eigenvalue weighted by atomic mass is 10.0. The topological polar surface area (TPSA) is 55.1 Å². The van der Waals surface area contributed by atoms with Gasteiger partial charge in [-0.2, -0.15) is 32.8 Å². The van der Waals surface area contributed by atoms with Crippen LogP contribution in [0.5, 0.6) is 0 Å². The second kappa shape index (κ2) is 6.97. The van der Waals surface area contributed by atoms with Crippen LogP contribution in [-0.2, 0) is 0 Å². The fraction of sp³-hybridized carbons (Fsp3) is 0.200. The van der Waals surface area contributed by atoms with Crippen LogP contribution in [0.3, 0.4) is 0 Å². The van der Waals surface area contributed by atoms with Gasteiger partial charge in [-0.15, -0.1) is 0 Å². The molecule has 0 spiro atoms. The van der Waals surface area contributed by atoms with Gasteiger partial charge in [-0.05, 0) is 24.6 Å². The maximum atomic E-state index is 14.6. The normalized spacial score (nSPS) is 13.0. The Morgan fingerprint density at radius 1 is 1.22 bits per heavy atom. The standard InChI is InChI=1S/C15H9ClF5N5S/c1-6(15(19,20)21)24-13-11(12(16)25-14-22-5-23-26(13)14)10-8(17)2-7(4-27)3-9(10)18/h2-6,24H,1H3. The average Bonchev–Trinajstić information content (AvgIpc) is 3.03. The molecule has 0 aliphatic rings. The van der Waals surface area contributed by atoms with Gasteiger partial charge in [-0.25, -0.2) is 8.78 Å². The number of benzene rings is 1. The summed E-state index contributed by atoms with van der Waals surface area (Å²) < 4.78 is 69.1. The molecule has 0 aliphatic heterocycles. The van der Waals surface area contributed by atoms with E-state index in [1.54, 1.807) is 0 Å². The molecule has 27 heavy (non-hydrogen) atoms. The molecule has 0 bridgehead atoms. The van der Waals surface area contributed by atoms with Crippen molar-refractivity contribution in [2.75, 3.05) is 5.32 Å². The van der Waals surface area contributed by atoms with Crippen LogP contribution in [0.15, 0.2) is 18.5 Å². The lowest BCUT2D eigenvalue weighted by Crippen LogP contribution is -2.34. The summed E-state index contributed by atoms with van der Waals surface area (Å²) in [4.78, 5) is 7.58. The molecule has 0 aliphatic carbocycles. The van der Waals surface area contributed by atoms with Gasteiger partial charge in [-0.3, -0.25) is 0 Å². The van der Waals surface area contributed by atoms with E-state index in [4.69, 9.17) is 11.6 Å². The van der Waals surface area contributed by atoms with Crippen molar-refractivity contribution in [1.29, 1.82) is 0 Å². The minimum atomic E-state index is -4.64. The van der Waals surface area contributed by atoms with E-state index in [1.807, 2.05) is 0 Å². The summed E-state index contributed by atoms with van der Waals surface area (Å²) in [5, 5.41) is 6.52. The van der Waals surface area contributed by atoms with Gasteiger partial charge in [0.25, 0.3) is 5.78 Å². The Morgan fingerprint density at radius 3 is 2.41 bits per heavy atom. The van der Waals surface area contributed by atoms with Crippen LogP contribution in [0.25, 0.3) is 16.9 Å². The summed E-state index contributed by atoms with van der Waals surface area (Å²) in [5.74, 6) is -2.69. The molecule has 0 amide bonds. The highest BCUT2D eigenvalue weighted by molar-refractivity contribution is 7.79. The molecule has 1 unspecified atom stereocenters. The van der Waals surface area contributed by atoms with E-state index in [0.717, 1.165) is 35.3 Å². The van der Waals surface area contributed by atoms with Crippen LogP contribution in [0.1, 0.15) is 12.5 Å². The first kappa shape index (κ1) is 19.4. The zero-order chi connectivity index (χ0) is 19.9. The molecular formula is C15H9ClF5N5S. The summed E-state index contributed by atoms with van der Waals surface area (Å²) in [7, 11) is 0. The third kappa shape index (κ3) is 3.56. The van der Waals surface area contributed by atoms with Crippen molar-refractivity contribution >= 4 is 40.8 Å². The van der Waals surface area contributed by atoms with E-state index in [2.05, 4.69) is 32.6 Å². The van der Waals surface area contributed by atoms with Gasteiger partial charge in [0.1, 0.15) is 35.0 Å². The maximum Gasteiger partial charge on any atom is 0.408 e. The summed E-state index contributed by atoms with van der Waals surface area (Å²) in [6, 6.07) is -0.206. The van der Waals surface area contributed by atoms with Crippen LogP contribution in [0, 0.1) is 11.6 Å². The second-order valence-electron chi connectivity index (χ2n) is 5.48. The van der Waals surface area contributed by atoms with Crippen molar-refractivity contribution in [3.63, 3.8) is 0 Å². The quantitative estimate of drug-likeness (QED) is 0.383. The molecule has 142 valence electrons. The summed E-state index contributed by atoms with van der Waals surface area (Å²) in [5.41, 5.74) is -1.01. The molecule has 2 aromatic heterocycles. The molecule has 3 aromatic rings. The lowest BCUT2D eigenvalue weighted by molar-refractivity contribution is -0.138. The predicted molar refractivity (Wildman–Crippen MR) is 93.0 cm³/mol. The van der Waals surface area contributed by atoms with Crippen LogP contribution < -0.4 is 5.32 Å². The number of aromatic nitrogens is 4. The predicted octanol–water partition coefficient (Wildman–Crippen LogP) is 4.43. The number of nitrogens with one attached hydrogen (secondary N) is 1. The van der Waals surface area contributed by atoms with Gasteiger partial charge in [0, 0.05) is 5.37 Å². The molecule has 0 fully saturated rings. The molecule has 12 heteroatoms. The number of hydrogen-bond acceptors (Lipinski definition) is 5. The molecule has 1 atom stereocenters. The molecular weight excluding hydrogens is 413 g/mol. The van der Waals surface area contributed by atoms with Gasteiger partial charge in [0.15, 0.2) is 0 Å². The monoisotopic (exact) mass is 421 g/mol. The Morgan fingerprint density at radius 2 is 1.85 bits per heavy atom. The summed E-state index contributed by atoms with van der Waals surface area (Å²) in [6.45, 7) is 0.836. The highest BCUT2D eigenvalue weighted by Crippen LogP contribution is 2.38. The van der Waals surface area contributed by atoms with Crippen LogP contribution >= 0.6 is 23.8 Å². The number of fused-ring (bicyclic) bond motifs is 1. The molecule has 0 saturated carbocycles. The van der Waals surface area contributed by atoms with Gasteiger partial charge < -0.3 is 5.32 Å². The fourth-order valence-corrected chi connectivity index (χ4v) is 2.75. The van der Waals surface area contributed by atoms with E-state index in [1.165, 1.54) is 0 Å². The van der Waals surface area contributed by atoms with Crippen molar-refractivity contribution in [2.45, 2.75) is 19.1 Å². The second-order valence-corrected chi connectivity index (χ2v) is 6.08. The van der Waals surface area contributed by atoms with E-state index < -0.39 is 46.0 Å². The molecule has 1 N–H and O–H groups in total. The number of thiocarbonyl (C=S) groups is 1. The Labute approximate surface area is 159 Å². The number of halogens is 6. The Hall–Kier alpha value is -2.40. The van der Waals surface area contributed by atoms with Crippen molar-refractivity contribution in [2.24, 2.45) is 0 Å². The zero-order valence-electron chi connectivity index (χ0n) is 13.4. The highest BCUT2D eigenvalue weighted by Gasteiger charge is 2.37. The van der Waals surface area contributed by atoms with Crippen LogP contribution in [0.2, 0.25) is 5.15 Å². The van der Waals surface area contributed by atoms with E-state index >= 15 is 0 Å². The van der Waals surface area contributed by atoms with Crippen molar-refractivity contribution in [1.82, 2.24) is 19.6 Å². The number of rotatable bonds is 4. The van der Waals surface area contributed by atoms with E-state index in [-0.39, 0.29) is 11.3 Å². The van der Waals surface area contributed by atoms with E-state index in [0.29, 0.717) is 0 Å². The van der Waals surface area contributed by atoms with E-state index in [9.17, 15) is 22.0 Å². The number of alkyl halides is 3. The van der Waals surface area contributed by atoms with Gasteiger partial charge in [0.2, 0.25) is 0 Å². The Bertz CT molecular complexity index is 1010. The fourth-order valence-electron chi connectivity index (χ4n) is 2.36. The first-order chi connectivity index (χ1) is 12.6. The molecule has 0 saturated heterocycles. The minimum Gasteiger partial charge on any atom is -0.358 e. The SMILES string of the molecule is CC(Nc1c(-c2c(F)cc(C=S)cc2F)c(Cl)nc2ncnn12)C(F)(F)F. The average molecular weight is 422 g/mol. The zero-order valence-corrected chi connectivity index (χ0v) is 14.9. The lowest BCUT2D eigenvalue weighted by Gasteiger charge is -2.21. The Kier molecular flexibility index (Phi) is 5.00. The first-order valence-corrected chi connectivity index (χ1v) is 8.15. The number of anilines is 1. The third-order valence-electron chi connectivity index (χ3n) is 3.68. The maximum absolute atomic E-state index is 14.6. The van der Waals surface area contributed by atoms with Gasteiger partial charge in [0.05, 0.1) is 11.1 Å². The molecule has 2 heterocycles. The molecule has 5 nitrogen and oxygen atoms in total. The molecule has 0 radical (unpaired) electrons. The molecule has 3 rings (SSSR count). The van der Waals surface area contributed by atoms with Crippen molar-refractivity contribution < 1.29 is 22.0 Å². The smallest absolute Gasteiger partial charge is 0.358 e. The largest absolute Gasteiger partial charge is 0.408 e. The minimum absolute atomic E-state index is 0.0767. The number of nitrogens with zero attached hydrogens (tertiary/aromatic N) is 4. The molecule has 1 aromatic carbocycles. The first-order valence-electron chi connectivity index (χ1n) is 7.30. The highest BCUT2D eigenvalue weighted by atomic mass is 35.5. The van der Waals surface area contributed by atoms with Crippen LogP contribution in [0.4, 0.5) is 27.8 Å². The van der Waals surface area contributed by atoms with Crippen molar-refractivity contribution in [3.8, 4) is 11.1 Å². The van der Waals surface area contributed by atoms with Gasteiger partial charge >= 0.3 is 6.18 Å². The Balaban J connectivity index is 2.32. The van der Waals surface area contributed by atoms with Gasteiger partial charge in [-0.1, -0.05) is 23.8 Å².